The third kappa shape index (κ3) is 5.77. The van der Waals surface area contributed by atoms with Gasteiger partial charge in [-0.3, -0.25) is 9.78 Å². The molecule has 5 nitrogen and oxygen atoms in total. The molecule has 0 aliphatic carbocycles. The molecular weight excluding hydrogens is 268 g/mol. The number of rotatable bonds is 7. The van der Waals surface area contributed by atoms with E-state index in [0.717, 1.165) is 18.9 Å². The molecule has 1 aromatic rings. The van der Waals surface area contributed by atoms with Crippen LogP contribution in [-0.2, 0) is 4.79 Å². The number of nitrogens with zero attached hydrogens (tertiary/aromatic N) is 1. The SMILES string of the molecule is CCC(C)CC(C)NC(=O)c1ccncc1C=CC(=O)O. The number of aromatic nitrogens is 1. The standard InChI is InChI=1S/C16H22N2O3/c1-4-11(2)9-12(3)18-16(21)14-7-8-17-10-13(14)5-6-15(19)20/h5-8,10-12H,4,9H2,1-3H3,(H,18,21)(H,19,20). The molecule has 1 aromatic heterocycles. The lowest BCUT2D eigenvalue weighted by Gasteiger charge is -2.18. The highest BCUT2D eigenvalue weighted by Gasteiger charge is 2.14. The Bertz CT molecular complexity index is 526. The number of hydrogen-bond acceptors (Lipinski definition) is 3. The molecule has 21 heavy (non-hydrogen) atoms. The fourth-order valence-corrected chi connectivity index (χ4v) is 2.04. The molecule has 0 aromatic carbocycles. The topological polar surface area (TPSA) is 79.3 Å². The van der Waals surface area contributed by atoms with E-state index in [1.807, 2.05) is 6.92 Å². The Morgan fingerprint density at radius 3 is 2.76 bits per heavy atom. The summed E-state index contributed by atoms with van der Waals surface area (Å²) in [5.41, 5.74) is 0.923. The van der Waals surface area contributed by atoms with Crippen LogP contribution in [0, 0.1) is 5.92 Å². The Balaban J connectivity index is 2.80. The summed E-state index contributed by atoms with van der Waals surface area (Å²) >= 11 is 0. The van der Waals surface area contributed by atoms with Crippen LogP contribution >= 0.6 is 0 Å². The Labute approximate surface area is 125 Å². The minimum atomic E-state index is -1.06. The van der Waals surface area contributed by atoms with Crippen molar-refractivity contribution in [1.82, 2.24) is 10.3 Å². The van der Waals surface area contributed by atoms with Crippen LogP contribution in [-0.4, -0.2) is 28.0 Å². The zero-order chi connectivity index (χ0) is 15.8. The number of carboxylic acids is 1. The molecule has 114 valence electrons. The van der Waals surface area contributed by atoms with E-state index in [4.69, 9.17) is 5.11 Å². The highest BCUT2D eigenvalue weighted by atomic mass is 16.4. The lowest BCUT2D eigenvalue weighted by Crippen LogP contribution is -2.34. The zero-order valence-corrected chi connectivity index (χ0v) is 12.7. The highest BCUT2D eigenvalue weighted by molar-refractivity contribution is 5.98. The van der Waals surface area contributed by atoms with Gasteiger partial charge in [-0.05, 0) is 31.4 Å². The molecular formula is C16H22N2O3. The predicted molar refractivity (Wildman–Crippen MR) is 81.9 cm³/mol. The van der Waals surface area contributed by atoms with E-state index in [1.165, 1.54) is 18.5 Å². The van der Waals surface area contributed by atoms with Gasteiger partial charge >= 0.3 is 5.97 Å². The van der Waals surface area contributed by atoms with E-state index in [-0.39, 0.29) is 11.9 Å². The third-order valence-electron chi connectivity index (χ3n) is 3.33. The molecule has 1 heterocycles. The van der Waals surface area contributed by atoms with Gasteiger partial charge in [-0.25, -0.2) is 4.79 Å². The predicted octanol–water partition coefficient (Wildman–Crippen LogP) is 2.73. The fourth-order valence-electron chi connectivity index (χ4n) is 2.04. The first-order valence-corrected chi connectivity index (χ1v) is 7.09. The van der Waals surface area contributed by atoms with Crippen molar-refractivity contribution >= 4 is 18.0 Å². The minimum absolute atomic E-state index is 0.0666. The van der Waals surface area contributed by atoms with E-state index < -0.39 is 5.97 Å². The van der Waals surface area contributed by atoms with Crippen LogP contribution in [0.15, 0.2) is 24.5 Å². The Morgan fingerprint density at radius 1 is 1.43 bits per heavy atom. The first-order valence-electron chi connectivity index (χ1n) is 7.09. The van der Waals surface area contributed by atoms with E-state index >= 15 is 0 Å². The summed E-state index contributed by atoms with van der Waals surface area (Å²) in [5.74, 6) is -0.724. The Kier molecular flexibility index (Phi) is 6.59. The van der Waals surface area contributed by atoms with Gasteiger partial charge in [-0.15, -0.1) is 0 Å². The van der Waals surface area contributed by atoms with E-state index in [0.29, 0.717) is 17.0 Å². The first-order chi connectivity index (χ1) is 9.93. The molecule has 5 heteroatoms. The highest BCUT2D eigenvalue weighted by Crippen LogP contribution is 2.12. The second-order valence-corrected chi connectivity index (χ2v) is 5.26. The average molecular weight is 290 g/mol. The third-order valence-corrected chi connectivity index (χ3v) is 3.33. The van der Waals surface area contributed by atoms with Crippen molar-refractivity contribution in [3.8, 4) is 0 Å². The maximum absolute atomic E-state index is 12.3. The van der Waals surface area contributed by atoms with E-state index in [9.17, 15) is 9.59 Å². The van der Waals surface area contributed by atoms with Gasteiger partial charge < -0.3 is 10.4 Å². The maximum Gasteiger partial charge on any atom is 0.328 e. The van der Waals surface area contributed by atoms with Crippen molar-refractivity contribution in [3.05, 3.63) is 35.7 Å². The molecule has 0 radical (unpaired) electrons. The fraction of sp³-hybridized carbons (Fsp3) is 0.438. The van der Waals surface area contributed by atoms with Crippen LogP contribution in [0.4, 0.5) is 0 Å². The Hall–Kier alpha value is -2.17. The van der Waals surface area contributed by atoms with Gasteiger partial charge in [-0.1, -0.05) is 20.3 Å². The van der Waals surface area contributed by atoms with Crippen LogP contribution < -0.4 is 5.32 Å². The molecule has 2 atom stereocenters. The van der Waals surface area contributed by atoms with Crippen LogP contribution in [0.2, 0.25) is 0 Å². The molecule has 0 bridgehead atoms. The minimum Gasteiger partial charge on any atom is -0.478 e. The van der Waals surface area contributed by atoms with Crippen molar-refractivity contribution in [2.45, 2.75) is 39.7 Å². The average Bonchev–Trinajstić information content (AvgIpc) is 2.44. The number of hydrogen-bond donors (Lipinski definition) is 2. The quantitative estimate of drug-likeness (QED) is 0.757. The molecule has 1 rings (SSSR count). The Morgan fingerprint density at radius 2 is 2.14 bits per heavy atom. The molecule has 0 aliphatic heterocycles. The van der Waals surface area contributed by atoms with Crippen molar-refractivity contribution in [2.24, 2.45) is 5.92 Å². The van der Waals surface area contributed by atoms with Gasteiger partial charge in [0.05, 0.1) is 0 Å². The van der Waals surface area contributed by atoms with Gasteiger partial charge in [0.1, 0.15) is 0 Å². The number of carbonyl (C=O) groups is 2. The van der Waals surface area contributed by atoms with Crippen molar-refractivity contribution in [2.75, 3.05) is 0 Å². The van der Waals surface area contributed by atoms with Gasteiger partial charge in [0.2, 0.25) is 0 Å². The first kappa shape index (κ1) is 16.9. The number of nitrogens with one attached hydrogen (secondary N) is 1. The van der Waals surface area contributed by atoms with Gasteiger partial charge in [0.25, 0.3) is 5.91 Å². The summed E-state index contributed by atoms with van der Waals surface area (Å²) in [6, 6.07) is 1.66. The molecule has 0 spiro atoms. The summed E-state index contributed by atoms with van der Waals surface area (Å²) in [7, 11) is 0. The number of carboxylic acid groups (broad SMARTS) is 1. The lowest BCUT2D eigenvalue weighted by molar-refractivity contribution is -0.131. The summed E-state index contributed by atoms with van der Waals surface area (Å²) in [6.07, 6.45) is 7.36. The number of pyridine rings is 1. The second kappa shape index (κ2) is 8.19. The largest absolute Gasteiger partial charge is 0.478 e. The van der Waals surface area contributed by atoms with Crippen molar-refractivity contribution < 1.29 is 14.7 Å². The molecule has 0 saturated heterocycles. The molecule has 0 fully saturated rings. The summed E-state index contributed by atoms with van der Waals surface area (Å²) in [5, 5.41) is 11.6. The maximum atomic E-state index is 12.3. The lowest BCUT2D eigenvalue weighted by atomic mass is 10.00. The van der Waals surface area contributed by atoms with Crippen LogP contribution in [0.1, 0.15) is 49.5 Å². The van der Waals surface area contributed by atoms with Crippen molar-refractivity contribution in [1.29, 1.82) is 0 Å². The van der Waals surface area contributed by atoms with Crippen LogP contribution in [0.5, 0.6) is 0 Å². The van der Waals surface area contributed by atoms with Gasteiger partial charge in [-0.2, -0.15) is 0 Å². The number of amides is 1. The molecule has 1 amide bonds. The van der Waals surface area contributed by atoms with E-state index in [2.05, 4.69) is 24.1 Å². The zero-order valence-electron chi connectivity index (χ0n) is 12.7. The molecule has 2 N–H and O–H groups in total. The van der Waals surface area contributed by atoms with E-state index in [1.54, 1.807) is 6.07 Å². The van der Waals surface area contributed by atoms with Crippen molar-refractivity contribution in [3.63, 3.8) is 0 Å². The summed E-state index contributed by atoms with van der Waals surface area (Å²) < 4.78 is 0. The number of aliphatic carboxylic acids is 1. The summed E-state index contributed by atoms with van der Waals surface area (Å²) in [4.78, 5) is 26.8. The molecule has 0 saturated carbocycles. The summed E-state index contributed by atoms with van der Waals surface area (Å²) in [6.45, 7) is 6.24. The van der Waals surface area contributed by atoms with Crippen LogP contribution in [0.25, 0.3) is 6.08 Å². The number of carbonyl (C=O) groups excluding carboxylic acids is 1. The van der Waals surface area contributed by atoms with Crippen LogP contribution in [0.3, 0.4) is 0 Å². The molecule has 0 aliphatic rings. The van der Waals surface area contributed by atoms with Gasteiger partial charge in [0, 0.05) is 35.6 Å². The monoisotopic (exact) mass is 290 g/mol. The second-order valence-electron chi connectivity index (χ2n) is 5.26. The normalized spacial score (nSPS) is 13.9. The van der Waals surface area contributed by atoms with Gasteiger partial charge in [0.15, 0.2) is 0 Å². The smallest absolute Gasteiger partial charge is 0.328 e. The molecule has 2 unspecified atom stereocenters.